The Morgan fingerprint density at radius 3 is 2.10 bits per heavy atom. The maximum absolute atomic E-state index is 13.7. The van der Waals surface area contributed by atoms with Gasteiger partial charge in [-0.05, 0) is 67.6 Å². The zero-order valence-electron chi connectivity index (χ0n) is 39.0. The van der Waals surface area contributed by atoms with Crippen molar-refractivity contribution in [2.75, 3.05) is 34.9 Å². The van der Waals surface area contributed by atoms with Gasteiger partial charge in [-0.25, -0.2) is 0 Å². The fourth-order valence-electron chi connectivity index (χ4n) is 9.19. The van der Waals surface area contributed by atoms with Crippen LogP contribution in [-0.2, 0) is 57.0 Å². The zero-order chi connectivity index (χ0) is 47.1. The number of aliphatic hydroxyl groups excluding tert-OH is 4. The largest absolute Gasteiger partial charge is 0.462 e. The van der Waals surface area contributed by atoms with Crippen LogP contribution in [0.4, 0.5) is 0 Å². The highest BCUT2D eigenvalue weighted by Crippen LogP contribution is 2.37. The highest BCUT2D eigenvalue weighted by atomic mass is 16.7. The molecular weight excluding hydrogens is 826 g/mol. The summed E-state index contributed by atoms with van der Waals surface area (Å²) in [6.45, 7) is 13.5. The van der Waals surface area contributed by atoms with Gasteiger partial charge in [-0.3, -0.25) is 9.59 Å². The molecule has 0 radical (unpaired) electrons. The molecule has 21 atom stereocenters. The lowest BCUT2D eigenvalue weighted by atomic mass is 9.81. The number of esters is 1. The monoisotopic (exact) mass is 902 g/mol. The summed E-state index contributed by atoms with van der Waals surface area (Å²) in [4.78, 5) is 42.0. The number of likely N-dealkylation sites (N-methyl/N-ethyl adjacent to an activating group) is 1. The van der Waals surface area contributed by atoms with Gasteiger partial charge in [0.15, 0.2) is 24.7 Å². The molecular formula is C45H75NO17. The van der Waals surface area contributed by atoms with Crippen LogP contribution >= 0.6 is 0 Å². The molecule has 0 spiro atoms. The van der Waals surface area contributed by atoms with E-state index in [1.807, 2.05) is 13.0 Å². The van der Waals surface area contributed by atoms with E-state index in [1.165, 1.54) is 27.2 Å². The first-order valence-corrected chi connectivity index (χ1v) is 22.2. The van der Waals surface area contributed by atoms with Gasteiger partial charge in [-0.1, -0.05) is 38.5 Å². The number of carbonyl (C=O) groups excluding carboxylic acids is 3. The standard InChI is InChI=1S/C45H75NO17/c1-13-32-29(21-57-44-41(56-12)40(55-11)36(51)25(5)59-44)16-22(2)14-15-30(48)23(3)17-28(20-47)38(24(4)31(49)18-33(50)61-32)63-43-37(52)35(46(9)10)39(26(6)60-43)62-34-19-45(8,54)42(53)27(7)58-34/h14-16,20,23-29,31-32,34-44,49,51-54H,13,17-19,21H2,1-12H3/b15-14+,22-16?/t23-,24-,25+,26-,27+,28-,29-,31+,32+,34+,35-,36+,37-,38-,39-,40+,41+,42+,43+,44+,45-/m1/s1. The molecule has 63 heavy (non-hydrogen) atoms. The first-order valence-electron chi connectivity index (χ1n) is 22.2. The average Bonchev–Trinajstić information content (AvgIpc) is 3.22. The normalized spacial score (nSPS) is 45.7. The molecule has 0 saturated carbocycles. The minimum absolute atomic E-state index is 0.0117. The molecule has 4 aliphatic heterocycles. The Morgan fingerprint density at radius 2 is 1.51 bits per heavy atom. The molecule has 362 valence electrons. The molecule has 4 heterocycles. The molecule has 5 N–H and O–H groups in total. The number of hydrogen-bond acceptors (Lipinski definition) is 18. The van der Waals surface area contributed by atoms with Crippen molar-refractivity contribution >= 4 is 18.0 Å². The van der Waals surface area contributed by atoms with Crippen molar-refractivity contribution in [3.8, 4) is 0 Å². The summed E-state index contributed by atoms with van der Waals surface area (Å²) in [7, 11) is 6.40. The molecule has 3 fully saturated rings. The van der Waals surface area contributed by atoms with Crippen LogP contribution in [0.5, 0.6) is 0 Å². The Kier molecular flexibility index (Phi) is 19.9. The number of allylic oxidation sites excluding steroid dienone is 3. The second kappa shape index (κ2) is 23.5. The summed E-state index contributed by atoms with van der Waals surface area (Å²) in [6, 6.07) is -0.767. The molecule has 0 aliphatic carbocycles. The third kappa shape index (κ3) is 13.2. The quantitative estimate of drug-likeness (QED) is 0.138. The van der Waals surface area contributed by atoms with Crippen LogP contribution in [0.3, 0.4) is 0 Å². The number of carbonyl (C=O) groups is 3. The number of ether oxygens (including phenoxy) is 9. The van der Waals surface area contributed by atoms with Gasteiger partial charge in [0.2, 0.25) is 0 Å². The average molecular weight is 902 g/mol. The van der Waals surface area contributed by atoms with Gasteiger partial charge in [0.1, 0.15) is 49.0 Å². The van der Waals surface area contributed by atoms with Crippen molar-refractivity contribution in [3.63, 3.8) is 0 Å². The lowest BCUT2D eigenvalue weighted by molar-refractivity contribution is -0.341. The molecule has 0 aromatic carbocycles. The summed E-state index contributed by atoms with van der Waals surface area (Å²) >= 11 is 0. The lowest BCUT2D eigenvalue weighted by Gasteiger charge is -2.50. The number of nitrogens with zero attached hydrogens (tertiary/aromatic N) is 1. The van der Waals surface area contributed by atoms with Crippen molar-refractivity contribution in [2.45, 2.75) is 185 Å². The first-order chi connectivity index (χ1) is 29.6. The maximum Gasteiger partial charge on any atom is 0.308 e. The molecule has 18 heteroatoms. The molecule has 4 rings (SSSR count). The van der Waals surface area contributed by atoms with Gasteiger partial charge in [0.05, 0.1) is 55.2 Å². The zero-order valence-corrected chi connectivity index (χ0v) is 39.0. The van der Waals surface area contributed by atoms with Crippen LogP contribution < -0.4 is 0 Å². The number of rotatable bonds is 12. The Balaban J connectivity index is 1.60. The van der Waals surface area contributed by atoms with Gasteiger partial charge in [-0.15, -0.1) is 0 Å². The van der Waals surface area contributed by atoms with Crippen LogP contribution in [0, 0.1) is 23.7 Å². The van der Waals surface area contributed by atoms with E-state index in [4.69, 9.17) is 42.6 Å². The third-order valence-electron chi connectivity index (χ3n) is 13.1. The molecule has 0 aromatic heterocycles. The summed E-state index contributed by atoms with van der Waals surface area (Å²) in [5, 5.41) is 55.5. The van der Waals surface area contributed by atoms with E-state index in [0.717, 1.165) is 0 Å². The van der Waals surface area contributed by atoms with Gasteiger partial charge in [0.25, 0.3) is 0 Å². The Labute approximate surface area is 372 Å². The smallest absolute Gasteiger partial charge is 0.308 e. The number of hydrogen-bond donors (Lipinski definition) is 5. The fourth-order valence-corrected chi connectivity index (χ4v) is 9.19. The number of methoxy groups -OCH3 is 2. The maximum atomic E-state index is 13.7. The van der Waals surface area contributed by atoms with Crippen molar-refractivity contribution < 1.29 is 82.5 Å². The summed E-state index contributed by atoms with van der Waals surface area (Å²) in [5.41, 5.74) is -0.826. The van der Waals surface area contributed by atoms with Gasteiger partial charge >= 0.3 is 5.97 Å². The van der Waals surface area contributed by atoms with E-state index in [1.54, 1.807) is 66.6 Å². The second-order valence-corrected chi connectivity index (χ2v) is 18.4. The number of cyclic esters (lactones) is 1. The third-order valence-corrected chi connectivity index (χ3v) is 13.1. The van der Waals surface area contributed by atoms with Crippen LogP contribution in [0.1, 0.15) is 81.1 Å². The van der Waals surface area contributed by atoms with Crippen LogP contribution in [0.2, 0.25) is 0 Å². The second-order valence-electron chi connectivity index (χ2n) is 18.4. The Hall–Kier alpha value is -2.27. The number of ketones is 1. The highest BCUT2D eigenvalue weighted by molar-refractivity contribution is 5.92. The Bertz CT molecular complexity index is 1540. The molecule has 0 amide bonds. The molecule has 3 saturated heterocycles. The van der Waals surface area contributed by atoms with Gasteiger partial charge < -0.3 is 77.9 Å². The minimum Gasteiger partial charge on any atom is -0.462 e. The van der Waals surface area contributed by atoms with Gasteiger partial charge in [0, 0.05) is 44.3 Å². The molecule has 4 aliphatic rings. The molecule has 0 aromatic rings. The van der Waals surface area contributed by atoms with Crippen molar-refractivity contribution in [1.82, 2.24) is 4.90 Å². The van der Waals surface area contributed by atoms with Crippen LogP contribution in [-0.4, -0.2) is 187 Å². The van der Waals surface area contributed by atoms with E-state index < -0.39 is 140 Å². The number of aliphatic hydroxyl groups is 5. The van der Waals surface area contributed by atoms with E-state index in [-0.39, 0.29) is 25.2 Å². The van der Waals surface area contributed by atoms with Crippen molar-refractivity contribution in [2.24, 2.45) is 23.7 Å². The van der Waals surface area contributed by atoms with Crippen molar-refractivity contribution in [1.29, 1.82) is 0 Å². The van der Waals surface area contributed by atoms with E-state index in [9.17, 15) is 39.9 Å². The fraction of sp³-hybridized carbons (Fsp3) is 0.844. The summed E-state index contributed by atoms with van der Waals surface area (Å²) in [5.74, 6) is -4.14. The van der Waals surface area contributed by atoms with Crippen LogP contribution in [0.25, 0.3) is 0 Å². The summed E-state index contributed by atoms with van der Waals surface area (Å²) < 4.78 is 54.4. The lowest BCUT2D eigenvalue weighted by Crippen LogP contribution is -2.65. The van der Waals surface area contributed by atoms with Gasteiger partial charge in [-0.2, -0.15) is 0 Å². The van der Waals surface area contributed by atoms with E-state index >= 15 is 0 Å². The molecule has 0 bridgehead atoms. The van der Waals surface area contributed by atoms with E-state index in [0.29, 0.717) is 18.3 Å². The molecule has 18 nitrogen and oxygen atoms in total. The first kappa shape index (κ1) is 53.3. The SMILES string of the molecule is CC[C@@H]1OC(=O)C[C@H](O)[C@@H](C)[C@@H](O[C@@H]2O[C@H](C)[C@@H](O[C@H]3C[C@@](C)(O)[C@@H](O)[C@H](C)O3)[C@H](N(C)C)[C@H]2O)[C@@H](C=O)C[C@@H](C)C(=O)/C=C/C(C)=C[C@@H]1CO[C@H]1O[C@@H](C)[C@H](O)[C@H](OC)[C@@H]1OC. The topological polar surface area (TPSA) is 239 Å². The van der Waals surface area contributed by atoms with E-state index in [2.05, 4.69) is 0 Å². The number of aldehydes is 1. The predicted octanol–water partition coefficient (Wildman–Crippen LogP) is 1.44. The predicted molar refractivity (Wildman–Crippen MR) is 226 cm³/mol. The summed E-state index contributed by atoms with van der Waals surface area (Å²) in [6.07, 6.45) is -9.08. The van der Waals surface area contributed by atoms with Crippen molar-refractivity contribution in [3.05, 3.63) is 23.8 Å². The van der Waals surface area contributed by atoms with Crippen LogP contribution in [0.15, 0.2) is 23.8 Å². The Morgan fingerprint density at radius 1 is 0.857 bits per heavy atom. The highest BCUT2D eigenvalue weighted by Gasteiger charge is 2.52. The minimum atomic E-state index is -1.49. The molecule has 0 unspecified atom stereocenters.